The monoisotopic (exact) mass is 476 g/mol. The maximum atomic E-state index is 11.9. The van der Waals surface area contributed by atoms with E-state index in [1.807, 2.05) is 26.0 Å². The van der Waals surface area contributed by atoms with Crippen molar-refractivity contribution in [3.63, 3.8) is 0 Å². The molecule has 1 aliphatic rings. The van der Waals surface area contributed by atoms with Gasteiger partial charge in [0.05, 0.1) is 0 Å². The van der Waals surface area contributed by atoms with E-state index in [1.54, 1.807) is 30.3 Å². The van der Waals surface area contributed by atoms with Gasteiger partial charge in [-0.1, -0.05) is 28.1 Å². The maximum Gasteiger partial charge on any atom is 0.344 e. The first-order valence-electron chi connectivity index (χ1n) is 9.17. The van der Waals surface area contributed by atoms with Gasteiger partial charge in [-0.05, 0) is 44.2 Å². The van der Waals surface area contributed by atoms with Crippen LogP contribution in [0.2, 0.25) is 0 Å². The standard InChI is InChI=1S/C21H21BrN2O6/c1-21(2)10-14-4-3-5-16(19(14)30-21)28-12-18(26)29-11-17(25)23-24-20(27)13-6-8-15(22)9-7-13/h3-9H,10-12H2,1-2H3,(H,23,25)(H,24,27). The van der Waals surface area contributed by atoms with Gasteiger partial charge in [0.1, 0.15) is 5.60 Å². The van der Waals surface area contributed by atoms with Gasteiger partial charge < -0.3 is 14.2 Å². The van der Waals surface area contributed by atoms with Crippen molar-refractivity contribution in [3.8, 4) is 11.5 Å². The number of benzene rings is 2. The number of halogens is 1. The molecule has 0 unspecified atom stereocenters. The molecule has 9 heteroatoms. The van der Waals surface area contributed by atoms with Gasteiger partial charge in [0.2, 0.25) is 0 Å². The largest absolute Gasteiger partial charge is 0.483 e. The highest BCUT2D eigenvalue weighted by Gasteiger charge is 2.32. The summed E-state index contributed by atoms with van der Waals surface area (Å²) < 4.78 is 17.1. The molecule has 0 atom stereocenters. The minimum absolute atomic E-state index is 0.332. The molecule has 1 aliphatic heterocycles. The Morgan fingerprint density at radius 3 is 2.53 bits per heavy atom. The fourth-order valence-electron chi connectivity index (χ4n) is 2.86. The van der Waals surface area contributed by atoms with E-state index in [0.717, 1.165) is 16.5 Å². The molecule has 8 nitrogen and oxygen atoms in total. The fraction of sp³-hybridized carbons (Fsp3) is 0.286. The van der Waals surface area contributed by atoms with Crippen molar-refractivity contribution in [2.24, 2.45) is 0 Å². The molecule has 0 spiro atoms. The lowest BCUT2D eigenvalue weighted by molar-refractivity contribution is -0.150. The van der Waals surface area contributed by atoms with Gasteiger partial charge >= 0.3 is 5.97 Å². The summed E-state index contributed by atoms with van der Waals surface area (Å²) >= 11 is 3.27. The van der Waals surface area contributed by atoms with E-state index < -0.39 is 24.4 Å². The number of fused-ring (bicyclic) bond motifs is 1. The van der Waals surface area contributed by atoms with Crippen LogP contribution in [-0.4, -0.2) is 36.6 Å². The molecular weight excluding hydrogens is 456 g/mol. The highest BCUT2D eigenvalue weighted by Crippen LogP contribution is 2.41. The minimum atomic E-state index is -0.723. The number of ether oxygens (including phenoxy) is 3. The van der Waals surface area contributed by atoms with Crippen LogP contribution in [0.15, 0.2) is 46.9 Å². The molecule has 0 bridgehead atoms. The van der Waals surface area contributed by atoms with Crippen LogP contribution in [0, 0.1) is 0 Å². The SMILES string of the molecule is CC1(C)Cc2cccc(OCC(=O)OCC(=O)NNC(=O)c3ccc(Br)cc3)c2O1. The van der Waals surface area contributed by atoms with Crippen LogP contribution >= 0.6 is 15.9 Å². The van der Waals surface area contributed by atoms with Crippen molar-refractivity contribution in [1.82, 2.24) is 10.9 Å². The molecule has 2 aromatic carbocycles. The lowest BCUT2D eigenvalue weighted by Crippen LogP contribution is -2.43. The summed E-state index contributed by atoms with van der Waals surface area (Å²) in [6, 6.07) is 12.1. The normalized spacial score (nSPS) is 13.6. The molecule has 2 aromatic rings. The summed E-state index contributed by atoms with van der Waals surface area (Å²) in [4.78, 5) is 35.6. The van der Waals surface area contributed by atoms with E-state index >= 15 is 0 Å². The third kappa shape index (κ3) is 5.73. The molecule has 0 aromatic heterocycles. The second-order valence-electron chi connectivity index (χ2n) is 7.24. The predicted octanol–water partition coefficient (Wildman–Crippen LogP) is 2.55. The fourth-order valence-corrected chi connectivity index (χ4v) is 3.13. The zero-order valence-electron chi connectivity index (χ0n) is 16.5. The Labute approximate surface area is 182 Å². The van der Waals surface area contributed by atoms with Crippen molar-refractivity contribution in [1.29, 1.82) is 0 Å². The van der Waals surface area contributed by atoms with Gasteiger partial charge in [-0.3, -0.25) is 20.4 Å². The van der Waals surface area contributed by atoms with Gasteiger partial charge in [-0.2, -0.15) is 0 Å². The van der Waals surface area contributed by atoms with E-state index in [4.69, 9.17) is 14.2 Å². The molecule has 0 saturated carbocycles. The number of esters is 1. The number of para-hydroxylation sites is 1. The number of hydrazine groups is 1. The van der Waals surface area contributed by atoms with E-state index in [2.05, 4.69) is 26.8 Å². The Kier molecular flexibility index (Phi) is 6.61. The van der Waals surface area contributed by atoms with E-state index in [9.17, 15) is 14.4 Å². The van der Waals surface area contributed by atoms with Crippen LogP contribution in [0.1, 0.15) is 29.8 Å². The van der Waals surface area contributed by atoms with Crippen molar-refractivity contribution < 1.29 is 28.6 Å². The average Bonchev–Trinajstić information content (AvgIpc) is 3.03. The molecule has 2 N–H and O–H groups in total. The van der Waals surface area contributed by atoms with E-state index in [0.29, 0.717) is 17.1 Å². The maximum absolute atomic E-state index is 11.9. The number of amides is 2. The van der Waals surface area contributed by atoms with Crippen molar-refractivity contribution >= 4 is 33.7 Å². The van der Waals surface area contributed by atoms with E-state index in [1.165, 1.54) is 0 Å². The zero-order valence-corrected chi connectivity index (χ0v) is 18.1. The first-order valence-corrected chi connectivity index (χ1v) is 9.97. The molecule has 1 heterocycles. The molecule has 0 fully saturated rings. The first-order chi connectivity index (χ1) is 14.2. The van der Waals surface area contributed by atoms with Gasteiger partial charge in [0.25, 0.3) is 11.8 Å². The first kappa shape index (κ1) is 21.6. The Hall–Kier alpha value is -3.07. The van der Waals surface area contributed by atoms with Crippen LogP contribution in [0.25, 0.3) is 0 Å². The third-order valence-corrected chi connectivity index (χ3v) is 4.72. The average molecular weight is 477 g/mol. The van der Waals surface area contributed by atoms with Crippen molar-refractivity contribution in [2.45, 2.75) is 25.9 Å². The number of nitrogens with one attached hydrogen (secondary N) is 2. The zero-order chi connectivity index (χ0) is 21.7. The topological polar surface area (TPSA) is 103 Å². The molecule has 30 heavy (non-hydrogen) atoms. The number of hydrogen-bond acceptors (Lipinski definition) is 6. The molecule has 0 saturated heterocycles. The Bertz CT molecular complexity index is 958. The lowest BCUT2D eigenvalue weighted by atomic mass is 10.0. The van der Waals surface area contributed by atoms with Gasteiger partial charge in [-0.15, -0.1) is 0 Å². The van der Waals surface area contributed by atoms with Crippen molar-refractivity contribution in [2.75, 3.05) is 13.2 Å². The predicted molar refractivity (Wildman–Crippen MR) is 111 cm³/mol. The smallest absolute Gasteiger partial charge is 0.344 e. The quantitative estimate of drug-likeness (QED) is 0.490. The van der Waals surface area contributed by atoms with Gasteiger partial charge in [0.15, 0.2) is 24.7 Å². The summed E-state index contributed by atoms with van der Waals surface area (Å²) in [5.41, 5.74) is 5.46. The summed E-state index contributed by atoms with van der Waals surface area (Å²) in [6.07, 6.45) is 0.746. The van der Waals surface area contributed by atoms with Crippen LogP contribution in [0.3, 0.4) is 0 Å². The van der Waals surface area contributed by atoms with Crippen LogP contribution in [-0.2, 0) is 20.7 Å². The number of carbonyl (C=O) groups is 3. The number of hydrogen-bond donors (Lipinski definition) is 2. The summed E-state index contributed by atoms with van der Waals surface area (Å²) in [7, 11) is 0. The third-order valence-electron chi connectivity index (χ3n) is 4.19. The molecule has 0 aliphatic carbocycles. The molecular formula is C21H21BrN2O6. The summed E-state index contributed by atoms with van der Waals surface area (Å²) in [5.74, 6) is -0.838. The van der Waals surface area contributed by atoms with Crippen molar-refractivity contribution in [3.05, 3.63) is 58.1 Å². The highest BCUT2D eigenvalue weighted by atomic mass is 79.9. The van der Waals surface area contributed by atoms with Crippen LogP contribution in [0.5, 0.6) is 11.5 Å². The minimum Gasteiger partial charge on any atom is -0.483 e. The molecule has 2 amide bonds. The number of rotatable bonds is 6. The summed E-state index contributed by atoms with van der Waals surface area (Å²) in [6.45, 7) is 3.01. The second kappa shape index (κ2) is 9.17. The number of carbonyl (C=O) groups excluding carboxylic acids is 3. The molecule has 0 radical (unpaired) electrons. The molecule has 3 rings (SSSR count). The summed E-state index contributed by atoms with van der Waals surface area (Å²) in [5, 5.41) is 0. The lowest BCUT2D eigenvalue weighted by Gasteiger charge is -2.18. The Morgan fingerprint density at radius 2 is 1.80 bits per heavy atom. The second-order valence-corrected chi connectivity index (χ2v) is 8.16. The van der Waals surface area contributed by atoms with Crippen LogP contribution in [0.4, 0.5) is 0 Å². The molecule has 158 valence electrons. The van der Waals surface area contributed by atoms with Gasteiger partial charge in [0, 0.05) is 22.0 Å². The Balaban J connectivity index is 1.40. The van der Waals surface area contributed by atoms with Gasteiger partial charge in [-0.25, -0.2) is 4.79 Å². The Morgan fingerprint density at radius 1 is 1.07 bits per heavy atom. The highest BCUT2D eigenvalue weighted by molar-refractivity contribution is 9.10. The van der Waals surface area contributed by atoms with Crippen LogP contribution < -0.4 is 20.3 Å². The van der Waals surface area contributed by atoms with E-state index in [-0.39, 0.29) is 12.2 Å².